The second-order valence-electron chi connectivity index (χ2n) is 5.43. The van der Waals surface area contributed by atoms with Gasteiger partial charge >= 0.3 is 0 Å². The first-order valence-corrected chi connectivity index (χ1v) is 7.21. The third kappa shape index (κ3) is 2.86. The van der Waals surface area contributed by atoms with Gasteiger partial charge in [-0.1, -0.05) is 32.0 Å². The predicted molar refractivity (Wildman–Crippen MR) is 76.0 cm³/mol. The van der Waals surface area contributed by atoms with E-state index in [1.54, 1.807) is 0 Å². The van der Waals surface area contributed by atoms with Gasteiger partial charge in [0.05, 0.1) is 0 Å². The minimum absolute atomic E-state index is 0.320. The van der Waals surface area contributed by atoms with E-state index in [1.807, 2.05) is 0 Å². The number of para-hydroxylation sites is 1. The molecule has 0 aromatic heterocycles. The summed E-state index contributed by atoms with van der Waals surface area (Å²) < 4.78 is 6.25. The topological polar surface area (TPSA) is 35.2 Å². The molecule has 0 saturated heterocycles. The van der Waals surface area contributed by atoms with E-state index in [9.17, 15) is 0 Å². The molecule has 0 radical (unpaired) electrons. The van der Waals surface area contributed by atoms with Crippen molar-refractivity contribution in [3.63, 3.8) is 0 Å². The van der Waals surface area contributed by atoms with Gasteiger partial charge < -0.3 is 10.5 Å². The Kier molecular flexibility index (Phi) is 4.65. The maximum atomic E-state index is 6.25. The number of hydrogen-bond acceptors (Lipinski definition) is 2. The van der Waals surface area contributed by atoms with Gasteiger partial charge in [-0.2, -0.15) is 0 Å². The fourth-order valence-corrected chi connectivity index (χ4v) is 2.81. The molecule has 0 spiro atoms. The van der Waals surface area contributed by atoms with Crippen LogP contribution in [0.15, 0.2) is 24.3 Å². The number of nitrogens with two attached hydrogens (primary N) is 1. The smallest absolute Gasteiger partial charge is 0.123 e. The van der Waals surface area contributed by atoms with E-state index in [-0.39, 0.29) is 0 Å². The Morgan fingerprint density at radius 1 is 1.33 bits per heavy atom. The van der Waals surface area contributed by atoms with E-state index in [1.165, 1.54) is 18.4 Å². The molecule has 2 heteroatoms. The Morgan fingerprint density at radius 2 is 2.11 bits per heavy atom. The standard InChI is InChI=1S/C16H25NO/c1-3-12(2)14-8-4-5-9-16(14)18-15-10-6-7-13(15)11-17/h4-5,8-9,12-13,15H,3,6-7,10-11,17H2,1-2H3. The van der Waals surface area contributed by atoms with E-state index in [2.05, 4.69) is 38.1 Å². The highest BCUT2D eigenvalue weighted by Crippen LogP contribution is 2.33. The van der Waals surface area contributed by atoms with Crippen molar-refractivity contribution in [3.05, 3.63) is 29.8 Å². The molecule has 2 nitrogen and oxygen atoms in total. The zero-order chi connectivity index (χ0) is 13.0. The Labute approximate surface area is 111 Å². The van der Waals surface area contributed by atoms with Crippen LogP contribution in [0.5, 0.6) is 5.75 Å². The Morgan fingerprint density at radius 3 is 2.83 bits per heavy atom. The molecule has 1 fully saturated rings. The number of benzene rings is 1. The fraction of sp³-hybridized carbons (Fsp3) is 0.625. The number of ether oxygens (including phenoxy) is 1. The summed E-state index contributed by atoms with van der Waals surface area (Å²) in [6.07, 6.45) is 5.08. The van der Waals surface area contributed by atoms with Crippen LogP contribution in [0.25, 0.3) is 0 Å². The lowest BCUT2D eigenvalue weighted by molar-refractivity contribution is 0.160. The lowest BCUT2D eigenvalue weighted by Gasteiger charge is -2.23. The summed E-state index contributed by atoms with van der Waals surface area (Å²) in [5.74, 6) is 2.16. The maximum absolute atomic E-state index is 6.25. The molecule has 1 saturated carbocycles. The van der Waals surface area contributed by atoms with Gasteiger partial charge in [0.25, 0.3) is 0 Å². The van der Waals surface area contributed by atoms with Gasteiger partial charge in [0.15, 0.2) is 0 Å². The van der Waals surface area contributed by atoms with E-state index in [0.717, 1.165) is 25.1 Å². The van der Waals surface area contributed by atoms with Crippen LogP contribution in [-0.2, 0) is 0 Å². The molecule has 1 aliphatic rings. The van der Waals surface area contributed by atoms with Crippen molar-refractivity contribution in [3.8, 4) is 5.75 Å². The highest BCUT2D eigenvalue weighted by atomic mass is 16.5. The number of hydrogen-bond donors (Lipinski definition) is 1. The minimum Gasteiger partial charge on any atom is -0.490 e. The SMILES string of the molecule is CCC(C)c1ccccc1OC1CCCC1CN. The summed E-state index contributed by atoms with van der Waals surface area (Å²) in [5.41, 5.74) is 7.16. The van der Waals surface area contributed by atoms with Crippen LogP contribution in [0, 0.1) is 5.92 Å². The zero-order valence-corrected chi connectivity index (χ0v) is 11.6. The van der Waals surface area contributed by atoms with Crippen molar-refractivity contribution in [2.45, 2.75) is 51.6 Å². The van der Waals surface area contributed by atoms with Gasteiger partial charge in [0.2, 0.25) is 0 Å². The molecule has 100 valence electrons. The van der Waals surface area contributed by atoms with E-state index >= 15 is 0 Å². The average Bonchev–Trinajstić information content (AvgIpc) is 2.86. The normalized spacial score (nSPS) is 25.1. The highest BCUT2D eigenvalue weighted by molar-refractivity contribution is 5.36. The zero-order valence-electron chi connectivity index (χ0n) is 11.6. The average molecular weight is 247 g/mol. The maximum Gasteiger partial charge on any atom is 0.123 e. The van der Waals surface area contributed by atoms with Crippen LogP contribution in [0.1, 0.15) is 51.0 Å². The summed E-state index contributed by atoms with van der Waals surface area (Å²) in [7, 11) is 0. The van der Waals surface area contributed by atoms with Gasteiger partial charge in [-0.05, 0) is 49.8 Å². The van der Waals surface area contributed by atoms with Gasteiger partial charge in [0, 0.05) is 5.92 Å². The third-order valence-electron chi connectivity index (χ3n) is 4.23. The lowest BCUT2D eigenvalue weighted by Crippen LogP contribution is -2.28. The number of rotatable bonds is 5. The molecular formula is C16H25NO. The lowest BCUT2D eigenvalue weighted by atomic mass is 9.97. The van der Waals surface area contributed by atoms with Crippen molar-refractivity contribution in [1.82, 2.24) is 0 Å². The van der Waals surface area contributed by atoms with Crippen LogP contribution < -0.4 is 10.5 Å². The van der Waals surface area contributed by atoms with E-state index in [4.69, 9.17) is 10.5 Å². The molecule has 1 aliphatic carbocycles. The fourth-order valence-electron chi connectivity index (χ4n) is 2.81. The van der Waals surface area contributed by atoms with E-state index in [0.29, 0.717) is 17.9 Å². The predicted octanol–water partition coefficient (Wildman–Crippen LogP) is 3.71. The van der Waals surface area contributed by atoms with Gasteiger partial charge in [-0.15, -0.1) is 0 Å². The molecule has 3 atom stereocenters. The van der Waals surface area contributed by atoms with Crippen LogP contribution in [0.2, 0.25) is 0 Å². The molecule has 0 aliphatic heterocycles. The molecule has 1 aromatic rings. The molecule has 0 bridgehead atoms. The minimum atomic E-state index is 0.320. The highest BCUT2D eigenvalue weighted by Gasteiger charge is 2.28. The molecule has 2 rings (SSSR count). The van der Waals surface area contributed by atoms with Crippen molar-refractivity contribution < 1.29 is 4.74 Å². The molecule has 3 unspecified atom stereocenters. The second kappa shape index (κ2) is 6.24. The third-order valence-corrected chi connectivity index (χ3v) is 4.23. The quantitative estimate of drug-likeness (QED) is 0.861. The summed E-state index contributed by atoms with van der Waals surface area (Å²) >= 11 is 0. The van der Waals surface area contributed by atoms with Crippen molar-refractivity contribution in [1.29, 1.82) is 0 Å². The van der Waals surface area contributed by atoms with Crippen molar-refractivity contribution in [2.24, 2.45) is 11.7 Å². The van der Waals surface area contributed by atoms with Crippen LogP contribution >= 0.6 is 0 Å². The van der Waals surface area contributed by atoms with Crippen LogP contribution in [-0.4, -0.2) is 12.6 Å². The molecule has 18 heavy (non-hydrogen) atoms. The largest absolute Gasteiger partial charge is 0.490 e. The molecule has 0 amide bonds. The van der Waals surface area contributed by atoms with Crippen LogP contribution in [0.3, 0.4) is 0 Å². The molecule has 0 heterocycles. The van der Waals surface area contributed by atoms with Gasteiger partial charge in [0.1, 0.15) is 11.9 Å². The molecule has 1 aromatic carbocycles. The molecular weight excluding hydrogens is 222 g/mol. The van der Waals surface area contributed by atoms with Crippen LogP contribution in [0.4, 0.5) is 0 Å². The Bertz CT molecular complexity index is 377. The summed E-state index contributed by atoms with van der Waals surface area (Å²) in [6.45, 7) is 5.23. The summed E-state index contributed by atoms with van der Waals surface area (Å²) in [5, 5.41) is 0. The summed E-state index contributed by atoms with van der Waals surface area (Å²) in [4.78, 5) is 0. The monoisotopic (exact) mass is 247 g/mol. The van der Waals surface area contributed by atoms with E-state index < -0.39 is 0 Å². The Hall–Kier alpha value is -1.02. The second-order valence-corrected chi connectivity index (χ2v) is 5.43. The van der Waals surface area contributed by atoms with Gasteiger partial charge in [-0.3, -0.25) is 0 Å². The molecule has 2 N–H and O–H groups in total. The summed E-state index contributed by atoms with van der Waals surface area (Å²) in [6, 6.07) is 8.46. The van der Waals surface area contributed by atoms with Gasteiger partial charge in [-0.25, -0.2) is 0 Å². The first-order valence-electron chi connectivity index (χ1n) is 7.21. The Balaban J connectivity index is 2.13. The van der Waals surface area contributed by atoms with Crippen molar-refractivity contribution >= 4 is 0 Å². The first-order chi connectivity index (χ1) is 8.76. The first kappa shape index (κ1) is 13.4. The van der Waals surface area contributed by atoms with Crippen molar-refractivity contribution in [2.75, 3.05) is 6.54 Å².